The van der Waals surface area contributed by atoms with E-state index in [0.717, 1.165) is 85.3 Å². The van der Waals surface area contributed by atoms with E-state index in [2.05, 4.69) is 41.5 Å². The molecule has 1 aliphatic rings. The zero-order chi connectivity index (χ0) is 27.9. The van der Waals surface area contributed by atoms with Crippen molar-refractivity contribution in [3.63, 3.8) is 0 Å². The van der Waals surface area contributed by atoms with Crippen molar-refractivity contribution >= 4 is 29.0 Å². The number of fused-ring (bicyclic) bond motifs is 3. The van der Waals surface area contributed by atoms with Gasteiger partial charge < -0.3 is 18.4 Å². The van der Waals surface area contributed by atoms with Gasteiger partial charge in [0.15, 0.2) is 5.78 Å². The molecule has 38 heavy (non-hydrogen) atoms. The molecule has 0 aromatic heterocycles. The van der Waals surface area contributed by atoms with Crippen LogP contribution < -0.4 is 9.47 Å². The Labute approximate surface area is 239 Å². The molecule has 0 radical (unpaired) electrons. The third-order valence-electron chi connectivity index (χ3n) is 8.65. The average Bonchev–Trinajstić information content (AvgIpc) is 3.17. The smallest absolute Gasteiger partial charge is 0.194 e. The van der Waals surface area contributed by atoms with Crippen LogP contribution in [0.1, 0.15) is 70.3 Å². The van der Waals surface area contributed by atoms with Crippen molar-refractivity contribution in [3.8, 4) is 22.6 Å². The van der Waals surface area contributed by atoms with E-state index >= 15 is 0 Å². The van der Waals surface area contributed by atoms with Gasteiger partial charge in [-0.15, -0.1) is 0 Å². The van der Waals surface area contributed by atoms with E-state index in [1.165, 1.54) is 0 Å². The van der Waals surface area contributed by atoms with E-state index < -0.39 is 0 Å². The van der Waals surface area contributed by atoms with Crippen molar-refractivity contribution in [2.24, 2.45) is 0 Å². The Bertz CT molecular complexity index is 1030. The molecule has 3 rings (SSSR count). The van der Waals surface area contributed by atoms with Gasteiger partial charge in [-0.25, -0.2) is 0 Å². The number of nitrogens with zero attached hydrogens (tertiary/aromatic N) is 2. The van der Waals surface area contributed by atoms with Crippen LogP contribution in [0.15, 0.2) is 24.3 Å². The topological polar surface area (TPSA) is 35.5 Å². The average molecular weight is 566 g/mol. The molecule has 5 nitrogen and oxygen atoms in total. The van der Waals surface area contributed by atoms with Gasteiger partial charge in [-0.05, 0) is 75.9 Å². The number of benzene rings is 2. The number of carbonyl (C=O) groups excluding carboxylic acids is 1. The monoisotopic (exact) mass is 564 g/mol. The fraction of sp³-hybridized carbons (Fsp3) is 0.581. The normalized spacial score (nSPS) is 13.0. The Kier molecular flexibility index (Phi) is 10.9. The number of hydrogen-bond acceptors (Lipinski definition) is 3. The maximum atomic E-state index is 13.4. The van der Waals surface area contributed by atoms with Gasteiger partial charge in [0, 0.05) is 11.1 Å². The molecule has 0 spiro atoms. The van der Waals surface area contributed by atoms with Crippen molar-refractivity contribution < 1.29 is 23.2 Å². The fourth-order valence-electron chi connectivity index (χ4n) is 5.88. The first kappa shape index (κ1) is 30.7. The van der Waals surface area contributed by atoms with Crippen molar-refractivity contribution in [1.82, 2.24) is 0 Å². The molecule has 0 heterocycles. The molecule has 0 saturated carbocycles. The quantitative estimate of drug-likeness (QED) is 0.169. The van der Waals surface area contributed by atoms with Gasteiger partial charge in [-0.3, -0.25) is 4.79 Å². The van der Waals surface area contributed by atoms with Gasteiger partial charge in [0.2, 0.25) is 0 Å². The highest BCUT2D eigenvalue weighted by atomic mass is 35.5. The van der Waals surface area contributed by atoms with Crippen LogP contribution in [0.2, 0.25) is 10.0 Å². The molecule has 7 heteroatoms. The summed E-state index contributed by atoms with van der Waals surface area (Å²) in [6.45, 7) is 22.8. The summed E-state index contributed by atoms with van der Waals surface area (Å²) in [5.74, 6) is 1.06. The van der Waals surface area contributed by atoms with Gasteiger partial charge in [0.25, 0.3) is 0 Å². The number of carbonyl (C=O) groups is 1. The molecule has 2 aromatic carbocycles. The van der Waals surface area contributed by atoms with Crippen molar-refractivity contribution in [1.29, 1.82) is 0 Å². The SMILES string of the molecule is CCC[N+](CC)(CC)CCOc1cc2c(cc1Cl)-c1cc(Cl)c(OCC[N+](CC)(CC)CCC)cc1C2=O. The highest BCUT2D eigenvalue weighted by Crippen LogP contribution is 2.45. The van der Waals surface area contributed by atoms with Crippen molar-refractivity contribution in [2.75, 3.05) is 65.6 Å². The molecular formula is C31H46Cl2N2O3+2. The summed E-state index contributed by atoms with van der Waals surface area (Å²) in [7, 11) is 0. The van der Waals surface area contributed by atoms with Crippen LogP contribution in [0.5, 0.6) is 11.5 Å². The summed E-state index contributed by atoms with van der Waals surface area (Å²) in [6, 6.07) is 7.25. The summed E-state index contributed by atoms with van der Waals surface area (Å²) in [4.78, 5) is 13.4. The Morgan fingerprint density at radius 2 is 0.947 bits per heavy atom. The zero-order valence-corrected chi connectivity index (χ0v) is 25.7. The molecule has 0 aliphatic heterocycles. The highest BCUT2D eigenvalue weighted by molar-refractivity contribution is 6.35. The van der Waals surface area contributed by atoms with E-state index in [1.54, 1.807) is 12.1 Å². The fourth-order valence-corrected chi connectivity index (χ4v) is 6.31. The summed E-state index contributed by atoms with van der Waals surface area (Å²) >= 11 is 13.3. The van der Waals surface area contributed by atoms with Crippen molar-refractivity contribution in [2.45, 2.75) is 54.4 Å². The number of likely N-dealkylation sites (N-methyl/N-ethyl adjacent to an activating group) is 2. The number of hydrogen-bond donors (Lipinski definition) is 0. The van der Waals surface area contributed by atoms with Crippen molar-refractivity contribution in [3.05, 3.63) is 45.4 Å². The second-order valence-corrected chi connectivity index (χ2v) is 11.3. The molecule has 0 atom stereocenters. The second kappa shape index (κ2) is 13.5. The maximum absolute atomic E-state index is 13.4. The van der Waals surface area contributed by atoms with Gasteiger partial charge in [0.05, 0.1) is 49.3 Å². The van der Waals surface area contributed by atoms with Crippen LogP contribution in [0.25, 0.3) is 11.1 Å². The number of rotatable bonds is 16. The van der Waals surface area contributed by atoms with Gasteiger partial charge >= 0.3 is 0 Å². The largest absolute Gasteiger partial charge is 0.486 e. The zero-order valence-electron chi connectivity index (χ0n) is 24.2. The first-order chi connectivity index (χ1) is 18.2. The lowest BCUT2D eigenvalue weighted by Gasteiger charge is -2.36. The minimum absolute atomic E-state index is 0.0468. The lowest BCUT2D eigenvalue weighted by Crippen LogP contribution is -2.50. The van der Waals surface area contributed by atoms with Crippen LogP contribution in [0.4, 0.5) is 0 Å². The maximum Gasteiger partial charge on any atom is 0.194 e. The van der Waals surface area contributed by atoms with Gasteiger partial charge in [-0.1, -0.05) is 37.0 Å². The molecule has 0 N–H and O–H groups in total. The Morgan fingerprint density at radius 3 is 1.26 bits per heavy atom. The Hall–Kier alpha value is -1.79. The molecular weight excluding hydrogens is 519 g/mol. The number of ketones is 1. The summed E-state index contributed by atoms with van der Waals surface area (Å²) in [6.07, 6.45) is 2.27. The summed E-state index contributed by atoms with van der Waals surface area (Å²) in [5, 5.41) is 1.01. The van der Waals surface area contributed by atoms with Crippen LogP contribution in [0.3, 0.4) is 0 Å². The van der Waals surface area contributed by atoms with E-state index in [9.17, 15) is 4.79 Å². The van der Waals surface area contributed by atoms with E-state index in [4.69, 9.17) is 32.7 Å². The Balaban J connectivity index is 1.76. The van der Waals surface area contributed by atoms with Crippen LogP contribution >= 0.6 is 23.2 Å². The molecule has 2 aromatic rings. The molecule has 1 aliphatic carbocycles. The number of halogens is 2. The predicted molar refractivity (Wildman–Crippen MR) is 159 cm³/mol. The Morgan fingerprint density at radius 1 is 0.579 bits per heavy atom. The first-order valence-corrected chi connectivity index (χ1v) is 15.2. The molecule has 210 valence electrons. The van der Waals surface area contributed by atoms with Crippen LogP contribution in [-0.2, 0) is 0 Å². The molecule has 0 saturated heterocycles. The standard InChI is InChI=1S/C31H46Cl2N2O3/c1-7-13-34(9-3,10-4)15-17-37-29-21-25-23(19-27(29)32)24-20-28(33)30(22-26(24)31(25)36)38-18-16-35(11-5,12-6)14-8-2/h19-22H,7-18H2,1-6H3/q+2. The van der Waals surface area contributed by atoms with Gasteiger partial charge in [-0.2, -0.15) is 0 Å². The lowest BCUT2D eigenvalue weighted by atomic mass is 10.1. The minimum Gasteiger partial charge on any atom is -0.486 e. The van der Waals surface area contributed by atoms with Crippen LogP contribution in [0, 0.1) is 0 Å². The molecule has 0 amide bonds. The predicted octanol–water partition coefficient (Wildman–Crippen LogP) is 7.50. The molecule has 0 bridgehead atoms. The van der Waals surface area contributed by atoms with E-state index in [-0.39, 0.29) is 5.78 Å². The number of quaternary nitrogens is 2. The van der Waals surface area contributed by atoms with E-state index in [0.29, 0.717) is 45.9 Å². The third kappa shape index (κ3) is 6.50. The minimum atomic E-state index is -0.0468. The molecule has 0 unspecified atom stereocenters. The highest BCUT2D eigenvalue weighted by Gasteiger charge is 2.31. The molecule has 0 fully saturated rings. The van der Waals surface area contributed by atoms with Crippen LogP contribution in [-0.4, -0.2) is 80.3 Å². The first-order valence-electron chi connectivity index (χ1n) is 14.4. The van der Waals surface area contributed by atoms with Gasteiger partial charge in [0.1, 0.15) is 37.8 Å². The third-order valence-corrected chi connectivity index (χ3v) is 9.24. The lowest BCUT2D eigenvalue weighted by molar-refractivity contribution is -0.924. The number of ether oxygens (including phenoxy) is 2. The van der Waals surface area contributed by atoms with E-state index in [1.807, 2.05) is 12.1 Å². The summed E-state index contributed by atoms with van der Waals surface area (Å²) in [5.41, 5.74) is 2.79. The summed E-state index contributed by atoms with van der Waals surface area (Å²) < 4.78 is 14.3. The second-order valence-electron chi connectivity index (χ2n) is 10.5.